The molecule has 0 fully saturated rings. The second-order valence-electron chi connectivity index (χ2n) is 3.15. The monoisotopic (exact) mass is 260 g/mol. The molecule has 0 spiro atoms. The summed E-state index contributed by atoms with van der Waals surface area (Å²) in [6, 6.07) is 6.90. The lowest BCUT2D eigenvalue weighted by Gasteiger charge is -2.14. The molecular formula is C11H14BrFO. The van der Waals surface area contributed by atoms with Crippen LogP contribution in [0.2, 0.25) is 0 Å². The van der Waals surface area contributed by atoms with Gasteiger partial charge in [0.05, 0.1) is 0 Å². The van der Waals surface area contributed by atoms with Gasteiger partial charge < -0.3 is 4.74 Å². The minimum Gasteiger partial charge on any atom is -0.385 e. The highest BCUT2D eigenvalue weighted by Crippen LogP contribution is 2.24. The van der Waals surface area contributed by atoms with Crippen molar-refractivity contribution in [3.05, 3.63) is 35.6 Å². The molecule has 0 aromatic heterocycles. The van der Waals surface area contributed by atoms with Gasteiger partial charge in [-0.2, -0.15) is 0 Å². The summed E-state index contributed by atoms with van der Waals surface area (Å²) < 4.78 is 18.4. The minimum atomic E-state index is -0.131. The largest absolute Gasteiger partial charge is 0.385 e. The second-order valence-corrected chi connectivity index (χ2v) is 3.80. The molecule has 3 heteroatoms. The molecule has 0 aliphatic carbocycles. The smallest absolute Gasteiger partial charge is 0.126 e. The Morgan fingerprint density at radius 2 is 2.14 bits per heavy atom. The Hall–Kier alpha value is -0.410. The van der Waals surface area contributed by atoms with Crippen LogP contribution in [0.1, 0.15) is 17.9 Å². The topological polar surface area (TPSA) is 9.23 Å². The Labute approximate surface area is 92.4 Å². The Morgan fingerprint density at radius 1 is 1.43 bits per heavy atom. The van der Waals surface area contributed by atoms with Gasteiger partial charge in [-0.05, 0) is 24.0 Å². The van der Waals surface area contributed by atoms with Crippen LogP contribution in [0.3, 0.4) is 0 Å². The third kappa shape index (κ3) is 3.07. The van der Waals surface area contributed by atoms with E-state index in [1.807, 2.05) is 12.1 Å². The van der Waals surface area contributed by atoms with Crippen LogP contribution in [0.15, 0.2) is 24.3 Å². The summed E-state index contributed by atoms with van der Waals surface area (Å²) in [5.41, 5.74) is 0.765. The zero-order valence-electron chi connectivity index (χ0n) is 8.17. The van der Waals surface area contributed by atoms with Gasteiger partial charge in [0.25, 0.3) is 0 Å². The summed E-state index contributed by atoms with van der Waals surface area (Å²) in [7, 11) is 1.66. The fourth-order valence-electron chi connectivity index (χ4n) is 1.38. The van der Waals surface area contributed by atoms with E-state index < -0.39 is 0 Å². The summed E-state index contributed by atoms with van der Waals surface area (Å²) in [5, 5.41) is 0.761. The maximum Gasteiger partial charge on any atom is 0.126 e. The van der Waals surface area contributed by atoms with E-state index in [0.29, 0.717) is 6.61 Å². The average molecular weight is 261 g/mol. The summed E-state index contributed by atoms with van der Waals surface area (Å²) in [4.78, 5) is 0. The van der Waals surface area contributed by atoms with Crippen LogP contribution < -0.4 is 0 Å². The van der Waals surface area contributed by atoms with Gasteiger partial charge in [-0.3, -0.25) is 0 Å². The lowest BCUT2D eigenvalue weighted by Crippen LogP contribution is -2.06. The fourth-order valence-corrected chi connectivity index (χ4v) is 2.05. The Balaban J connectivity index is 2.73. The predicted octanol–water partition coefficient (Wildman–Crippen LogP) is 3.34. The average Bonchev–Trinajstić information content (AvgIpc) is 2.21. The van der Waals surface area contributed by atoms with Crippen molar-refractivity contribution in [3.8, 4) is 0 Å². The van der Waals surface area contributed by atoms with Crippen molar-refractivity contribution in [1.29, 1.82) is 0 Å². The van der Waals surface area contributed by atoms with Crippen molar-refractivity contribution < 1.29 is 9.13 Å². The quantitative estimate of drug-likeness (QED) is 0.738. The SMILES string of the molecule is COCCC(CBr)c1ccccc1F. The molecule has 1 aromatic carbocycles. The van der Waals surface area contributed by atoms with E-state index in [9.17, 15) is 4.39 Å². The molecule has 14 heavy (non-hydrogen) atoms. The zero-order chi connectivity index (χ0) is 10.4. The molecule has 0 aliphatic heterocycles. The van der Waals surface area contributed by atoms with Gasteiger partial charge >= 0.3 is 0 Å². The number of benzene rings is 1. The molecule has 0 saturated carbocycles. The fraction of sp³-hybridized carbons (Fsp3) is 0.455. The number of halogens is 2. The lowest BCUT2D eigenvalue weighted by atomic mass is 9.98. The van der Waals surface area contributed by atoms with E-state index in [4.69, 9.17) is 4.74 Å². The number of alkyl halides is 1. The summed E-state index contributed by atoms with van der Waals surface area (Å²) in [6.45, 7) is 0.657. The van der Waals surface area contributed by atoms with Gasteiger partial charge in [-0.1, -0.05) is 34.1 Å². The van der Waals surface area contributed by atoms with Gasteiger partial charge in [-0.25, -0.2) is 4.39 Å². The Morgan fingerprint density at radius 3 is 2.71 bits per heavy atom. The summed E-state index contributed by atoms with van der Waals surface area (Å²) >= 11 is 3.39. The highest BCUT2D eigenvalue weighted by molar-refractivity contribution is 9.09. The number of hydrogen-bond acceptors (Lipinski definition) is 1. The van der Waals surface area contributed by atoms with E-state index in [0.717, 1.165) is 17.3 Å². The second kappa shape index (κ2) is 6.14. The maximum absolute atomic E-state index is 13.4. The van der Waals surface area contributed by atoms with Crippen molar-refractivity contribution in [2.75, 3.05) is 19.0 Å². The number of rotatable bonds is 5. The molecule has 78 valence electrons. The number of hydrogen-bond donors (Lipinski definition) is 0. The Bertz CT molecular complexity index is 278. The van der Waals surface area contributed by atoms with Crippen molar-refractivity contribution in [3.63, 3.8) is 0 Å². The van der Waals surface area contributed by atoms with Gasteiger partial charge in [0.1, 0.15) is 5.82 Å². The molecule has 0 amide bonds. The van der Waals surface area contributed by atoms with Crippen LogP contribution in [0, 0.1) is 5.82 Å². The van der Waals surface area contributed by atoms with Crippen molar-refractivity contribution >= 4 is 15.9 Å². The molecule has 0 heterocycles. The van der Waals surface area contributed by atoms with Crippen LogP contribution in [-0.4, -0.2) is 19.0 Å². The zero-order valence-corrected chi connectivity index (χ0v) is 9.76. The van der Waals surface area contributed by atoms with E-state index in [1.54, 1.807) is 13.2 Å². The summed E-state index contributed by atoms with van der Waals surface area (Å²) in [6.07, 6.45) is 0.836. The molecule has 0 radical (unpaired) electrons. The molecule has 1 rings (SSSR count). The van der Waals surface area contributed by atoms with E-state index in [1.165, 1.54) is 6.07 Å². The van der Waals surface area contributed by atoms with Crippen molar-refractivity contribution in [2.45, 2.75) is 12.3 Å². The Kier molecular flexibility index (Phi) is 5.12. The van der Waals surface area contributed by atoms with Crippen LogP contribution in [-0.2, 0) is 4.74 Å². The normalized spacial score (nSPS) is 12.8. The molecule has 1 nitrogen and oxygen atoms in total. The van der Waals surface area contributed by atoms with Crippen LogP contribution in [0.4, 0.5) is 4.39 Å². The number of methoxy groups -OCH3 is 1. The van der Waals surface area contributed by atoms with Crippen molar-refractivity contribution in [1.82, 2.24) is 0 Å². The first kappa shape index (κ1) is 11.7. The first-order chi connectivity index (χ1) is 6.79. The first-order valence-corrected chi connectivity index (χ1v) is 5.71. The first-order valence-electron chi connectivity index (χ1n) is 4.59. The van der Waals surface area contributed by atoms with E-state index in [-0.39, 0.29) is 11.7 Å². The molecule has 1 unspecified atom stereocenters. The molecule has 0 aliphatic rings. The highest BCUT2D eigenvalue weighted by Gasteiger charge is 2.13. The van der Waals surface area contributed by atoms with Crippen LogP contribution >= 0.6 is 15.9 Å². The highest BCUT2D eigenvalue weighted by atomic mass is 79.9. The van der Waals surface area contributed by atoms with E-state index in [2.05, 4.69) is 15.9 Å². The van der Waals surface area contributed by atoms with Gasteiger partial charge in [0.2, 0.25) is 0 Å². The maximum atomic E-state index is 13.4. The standard InChI is InChI=1S/C11H14BrFO/c1-14-7-6-9(8-12)10-4-2-3-5-11(10)13/h2-5,9H,6-8H2,1H3. The van der Waals surface area contributed by atoms with Gasteiger partial charge in [0, 0.05) is 19.0 Å². The van der Waals surface area contributed by atoms with Gasteiger partial charge in [-0.15, -0.1) is 0 Å². The number of ether oxygens (including phenoxy) is 1. The van der Waals surface area contributed by atoms with Crippen LogP contribution in [0.5, 0.6) is 0 Å². The lowest BCUT2D eigenvalue weighted by molar-refractivity contribution is 0.189. The third-order valence-corrected chi connectivity index (χ3v) is 2.98. The van der Waals surface area contributed by atoms with E-state index >= 15 is 0 Å². The van der Waals surface area contributed by atoms with Gasteiger partial charge in [0.15, 0.2) is 0 Å². The molecule has 0 bridgehead atoms. The molecule has 0 saturated heterocycles. The molecular weight excluding hydrogens is 247 g/mol. The predicted molar refractivity (Wildman–Crippen MR) is 59.4 cm³/mol. The molecule has 1 aromatic rings. The third-order valence-electron chi connectivity index (χ3n) is 2.20. The van der Waals surface area contributed by atoms with Crippen LogP contribution in [0.25, 0.3) is 0 Å². The van der Waals surface area contributed by atoms with Crippen molar-refractivity contribution in [2.24, 2.45) is 0 Å². The molecule has 0 N–H and O–H groups in total. The molecule has 1 atom stereocenters. The summed E-state index contributed by atoms with van der Waals surface area (Å²) in [5.74, 6) is 0.0594. The minimum absolute atomic E-state index is 0.131.